The highest BCUT2D eigenvalue weighted by atomic mass is 32.2. The Bertz CT molecular complexity index is 945. The number of anilines is 1. The van der Waals surface area contributed by atoms with Crippen LogP contribution in [-0.2, 0) is 18.3 Å². The van der Waals surface area contributed by atoms with Crippen molar-refractivity contribution in [3.63, 3.8) is 0 Å². The molecule has 0 saturated heterocycles. The van der Waals surface area contributed by atoms with E-state index in [0.717, 1.165) is 46.2 Å². The summed E-state index contributed by atoms with van der Waals surface area (Å²) >= 11 is 3.15. The Kier molecular flexibility index (Phi) is 6.34. The average molecular weight is 401 g/mol. The Morgan fingerprint density at radius 3 is 2.89 bits per heavy atom. The maximum absolute atomic E-state index is 12.3. The van der Waals surface area contributed by atoms with E-state index in [1.54, 1.807) is 11.3 Å². The van der Waals surface area contributed by atoms with Crippen LogP contribution in [-0.4, -0.2) is 26.4 Å². The lowest BCUT2D eigenvalue weighted by atomic mass is 10.1. The molecule has 3 rings (SSSR count). The number of nitrogens with one attached hydrogen (secondary N) is 1. The number of thioether (sulfide) groups is 1. The Morgan fingerprint density at radius 2 is 2.11 bits per heavy atom. The van der Waals surface area contributed by atoms with Gasteiger partial charge in [0.1, 0.15) is 0 Å². The summed E-state index contributed by atoms with van der Waals surface area (Å²) in [5.74, 6) is 1.09. The Labute approximate surface area is 168 Å². The number of hydrogen-bond acceptors (Lipinski definition) is 5. The lowest BCUT2D eigenvalue weighted by Gasteiger charge is -2.10. The van der Waals surface area contributed by atoms with E-state index in [2.05, 4.69) is 33.9 Å². The molecule has 0 spiro atoms. The number of aromatic nitrogens is 3. The number of nitrogens with zero attached hydrogens (tertiary/aromatic N) is 3. The predicted octanol–water partition coefficient (Wildman–Crippen LogP) is 4.84. The van der Waals surface area contributed by atoms with Crippen molar-refractivity contribution in [3.05, 3.63) is 45.6 Å². The Hall–Kier alpha value is -2.12. The molecule has 0 radical (unpaired) electrons. The van der Waals surface area contributed by atoms with Crippen molar-refractivity contribution in [2.75, 3.05) is 11.1 Å². The van der Waals surface area contributed by atoms with Gasteiger partial charge < -0.3 is 9.88 Å². The van der Waals surface area contributed by atoms with E-state index >= 15 is 0 Å². The zero-order valence-corrected chi connectivity index (χ0v) is 17.7. The molecule has 0 atom stereocenters. The van der Waals surface area contributed by atoms with E-state index in [1.807, 2.05) is 43.7 Å². The quantitative estimate of drug-likeness (QED) is 0.576. The van der Waals surface area contributed by atoms with Crippen LogP contribution in [0.1, 0.15) is 29.3 Å². The number of benzene rings is 1. The van der Waals surface area contributed by atoms with Gasteiger partial charge in [0.25, 0.3) is 0 Å². The van der Waals surface area contributed by atoms with Gasteiger partial charge in [0.05, 0.1) is 5.75 Å². The molecule has 1 N–H and O–H groups in total. The van der Waals surface area contributed by atoms with Gasteiger partial charge in [-0.1, -0.05) is 37.2 Å². The van der Waals surface area contributed by atoms with E-state index in [4.69, 9.17) is 0 Å². The first-order chi connectivity index (χ1) is 13.0. The molecule has 1 amide bonds. The summed E-state index contributed by atoms with van der Waals surface area (Å²) in [4.78, 5) is 13.7. The summed E-state index contributed by atoms with van der Waals surface area (Å²) in [6.45, 7) is 6.23. The highest BCUT2D eigenvalue weighted by molar-refractivity contribution is 7.99. The summed E-state index contributed by atoms with van der Waals surface area (Å²) < 4.78 is 1.95. The lowest BCUT2D eigenvalue weighted by Crippen LogP contribution is -2.15. The lowest BCUT2D eigenvalue weighted by molar-refractivity contribution is -0.113. The predicted molar refractivity (Wildman–Crippen MR) is 114 cm³/mol. The smallest absolute Gasteiger partial charge is 0.234 e. The Balaban J connectivity index is 1.63. The van der Waals surface area contributed by atoms with E-state index in [1.165, 1.54) is 16.6 Å². The second kappa shape index (κ2) is 8.71. The van der Waals surface area contributed by atoms with Crippen molar-refractivity contribution < 1.29 is 4.79 Å². The maximum atomic E-state index is 12.3. The number of hydrogen-bond donors (Lipinski definition) is 1. The summed E-state index contributed by atoms with van der Waals surface area (Å²) in [5.41, 5.74) is 4.21. The maximum Gasteiger partial charge on any atom is 0.234 e. The zero-order valence-electron chi connectivity index (χ0n) is 16.1. The largest absolute Gasteiger partial charge is 0.325 e. The Morgan fingerprint density at radius 1 is 1.30 bits per heavy atom. The number of carbonyl (C=O) groups excluding carboxylic acids is 1. The van der Waals surface area contributed by atoms with Crippen molar-refractivity contribution >= 4 is 34.7 Å². The standard InChI is InChI=1S/C20H24N4OS2/c1-5-7-16-10-15(11-26-16)19-22-23-20(24(19)4)27-12-18(25)21-17-9-6-8-13(2)14(17)3/h6,8-11H,5,7,12H2,1-4H3,(H,21,25). The minimum Gasteiger partial charge on any atom is -0.325 e. The number of carbonyl (C=O) groups is 1. The van der Waals surface area contributed by atoms with Gasteiger partial charge in [-0.05, 0) is 43.5 Å². The first-order valence-electron chi connectivity index (χ1n) is 8.95. The third-order valence-corrected chi connectivity index (χ3v) is 6.47. The first kappa shape index (κ1) is 19.6. The number of aryl methyl sites for hydroxylation is 2. The minimum absolute atomic E-state index is 0.0426. The fourth-order valence-corrected chi connectivity index (χ4v) is 4.45. The van der Waals surface area contributed by atoms with Gasteiger partial charge >= 0.3 is 0 Å². The van der Waals surface area contributed by atoms with Gasteiger partial charge in [0.2, 0.25) is 5.91 Å². The normalized spacial score (nSPS) is 11.0. The van der Waals surface area contributed by atoms with Crippen LogP contribution < -0.4 is 5.32 Å². The van der Waals surface area contributed by atoms with Crippen molar-refractivity contribution in [2.45, 2.75) is 38.8 Å². The van der Waals surface area contributed by atoms with Crippen LogP contribution in [0.25, 0.3) is 11.4 Å². The molecule has 142 valence electrons. The fourth-order valence-electron chi connectivity index (χ4n) is 2.77. The minimum atomic E-state index is -0.0426. The second-order valence-electron chi connectivity index (χ2n) is 6.50. The molecule has 0 aliphatic heterocycles. The van der Waals surface area contributed by atoms with Crippen molar-refractivity contribution in [3.8, 4) is 11.4 Å². The van der Waals surface area contributed by atoms with Crippen molar-refractivity contribution in [2.24, 2.45) is 7.05 Å². The summed E-state index contributed by atoms with van der Waals surface area (Å²) in [5, 5.41) is 14.4. The van der Waals surface area contributed by atoms with E-state index in [9.17, 15) is 4.79 Å². The third-order valence-electron chi connectivity index (χ3n) is 4.45. The van der Waals surface area contributed by atoms with Gasteiger partial charge in [0.15, 0.2) is 11.0 Å². The van der Waals surface area contributed by atoms with Gasteiger partial charge in [-0.25, -0.2) is 0 Å². The molecule has 0 aliphatic carbocycles. The van der Waals surface area contributed by atoms with Crippen molar-refractivity contribution in [1.29, 1.82) is 0 Å². The van der Waals surface area contributed by atoms with Crippen molar-refractivity contribution in [1.82, 2.24) is 14.8 Å². The molecular formula is C20H24N4OS2. The van der Waals surface area contributed by atoms with Crippen LogP contribution in [0.5, 0.6) is 0 Å². The molecule has 0 bridgehead atoms. The van der Waals surface area contributed by atoms with Crippen LogP contribution >= 0.6 is 23.1 Å². The highest BCUT2D eigenvalue weighted by Gasteiger charge is 2.14. The van der Waals surface area contributed by atoms with E-state index in [-0.39, 0.29) is 5.91 Å². The number of rotatable bonds is 7. The van der Waals surface area contributed by atoms with Gasteiger partial charge in [-0.3, -0.25) is 4.79 Å². The molecule has 2 heterocycles. The van der Waals surface area contributed by atoms with Gasteiger partial charge in [0, 0.05) is 28.6 Å². The van der Waals surface area contributed by atoms with Crippen LogP contribution in [0.3, 0.4) is 0 Å². The van der Waals surface area contributed by atoms with Crippen LogP contribution in [0.15, 0.2) is 34.8 Å². The molecule has 5 nitrogen and oxygen atoms in total. The SMILES string of the molecule is CCCc1cc(-c2nnc(SCC(=O)Nc3cccc(C)c3C)n2C)cs1. The van der Waals surface area contributed by atoms with E-state index < -0.39 is 0 Å². The molecule has 0 unspecified atom stereocenters. The molecule has 27 heavy (non-hydrogen) atoms. The fraction of sp³-hybridized carbons (Fsp3) is 0.350. The van der Waals surface area contributed by atoms with Gasteiger partial charge in [-0.15, -0.1) is 21.5 Å². The summed E-state index contributed by atoms with van der Waals surface area (Å²) in [6.07, 6.45) is 2.22. The van der Waals surface area contributed by atoms with E-state index in [0.29, 0.717) is 5.75 Å². The average Bonchev–Trinajstić information content (AvgIpc) is 3.24. The zero-order chi connectivity index (χ0) is 19.4. The molecule has 3 aromatic rings. The monoisotopic (exact) mass is 400 g/mol. The summed E-state index contributed by atoms with van der Waals surface area (Å²) in [6, 6.07) is 8.10. The molecule has 2 aromatic heterocycles. The van der Waals surface area contributed by atoms with Crippen LogP contribution in [0.2, 0.25) is 0 Å². The van der Waals surface area contributed by atoms with Gasteiger partial charge in [-0.2, -0.15) is 0 Å². The van der Waals surface area contributed by atoms with Crippen LogP contribution in [0, 0.1) is 13.8 Å². The molecule has 7 heteroatoms. The molecule has 1 aromatic carbocycles. The molecule has 0 saturated carbocycles. The number of amides is 1. The molecular weight excluding hydrogens is 376 g/mol. The first-order valence-corrected chi connectivity index (χ1v) is 10.8. The number of thiophene rings is 1. The van der Waals surface area contributed by atoms with Crippen LogP contribution in [0.4, 0.5) is 5.69 Å². The highest BCUT2D eigenvalue weighted by Crippen LogP contribution is 2.27. The molecule has 0 fully saturated rings. The topological polar surface area (TPSA) is 59.8 Å². The summed E-state index contributed by atoms with van der Waals surface area (Å²) in [7, 11) is 1.94. The second-order valence-corrected chi connectivity index (χ2v) is 8.44. The molecule has 0 aliphatic rings. The third kappa shape index (κ3) is 4.59.